The monoisotopic (exact) mass is 497 g/mol. The Morgan fingerprint density at radius 1 is 1.14 bits per heavy atom. The molecule has 1 aromatic carbocycles. The van der Waals surface area contributed by atoms with Gasteiger partial charge in [-0.1, -0.05) is 0 Å². The average molecular weight is 498 g/mol. The Hall–Kier alpha value is -3.41. The lowest BCUT2D eigenvalue weighted by Gasteiger charge is -2.47. The number of nitrogens with one attached hydrogen (secondary N) is 2. The van der Waals surface area contributed by atoms with Crippen LogP contribution in [0.3, 0.4) is 0 Å². The summed E-state index contributed by atoms with van der Waals surface area (Å²) in [4.78, 5) is 11.0. The van der Waals surface area contributed by atoms with Gasteiger partial charge in [-0.2, -0.15) is 9.67 Å². The number of hydrogen-bond acceptors (Lipinski definition) is 9. The van der Waals surface area contributed by atoms with E-state index in [1.165, 1.54) is 17.2 Å². The number of aromatic nitrogens is 6. The molecule has 0 unspecified atom stereocenters. The summed E-state index contributed by atoms with van der Waals surface area (Å²) in [6.45, 7) is 9.14. The second-order valence-electron chi connectivity index (χ2n) is 10.9. The molecule has 36 heavy (non-hydrogen) atoms. The number of fused-ring (bicyclic) bond motifs is 4. The van der Waals surface area contributed by atoms with Crippen molar-refractivity contribution in [2.75, 3.05) is 17.2 Å². The SMILES string of the molecule is CC1(C)Oc2c(F)cc(Nc3ncc(F)c(N[C@H]4C[C@H]5CCCN5C(C)(C)C4)n3)cc2-n2nnnc21. The zero-order valence-electron chi connectivity index (χ0n) is 20.7. The normalized spacial score (nSPS) is 23.8. The maximum absolute atomic E-state index is 15.0. The van der Waals surface area contributed by atoms with Crippen molar-refractivity contribution in [2.24, 2.45) is 0 Å². The van der Waals surface area contributed by atoms with Crippen LogP contribution in [0.1, 0.15) is 59.2 Å². The fraction of sp³-hybridized carbons (Fsp3) is 0.542. The summed E-state index contributed by atoms with van der Waals surface area (Å²) < 4.78 is 37.0. The van der Waals surface area contributed by atoms with Gasteiger partial charge in [0.1, 0.15) is 5.69 Å². The molecule has 12 heteroatoms. The third-order valence-electron chi connectivity index (χ3n) is 7.42. The second-order valence-corrected chi connectivity index (χ2v) is 10.9. The summed E-state index contributed by atoms with van der Waals surface area (Å²) in [6.07, 6.45) is 5.30. The predicted molar refractivity (Wildman–Crippen MR) is 128 cm³/mol. The van der Waals surface area contributed by atoms with Crippen molar-refractivity contribution in [1.29, 1.82) is 0 Å². The molecule has 5 heterocycles. The molecule has 3 aromatic rings. The number of halogens is 2. The summed E-state index contributed by atoms with van der Waals surface area (Å²) in [6, 6.07) is 3.51. The lowest BCUT2D eigenvalue weighted by molar-refractivity contribution is 0.0500. The predicted octanol–water partition coefficient (Wildman–Crippen LogP) is 3.92. The van der Waals surface area contributed by atoms with Gasteiger partial charge in [0.2, 0.25) is 5.95 Å². The first kappa shape index (κ1) is 23.0. The molecule has 0 saturated carbocycles. The third-order valence-corrected chi connectivity index (χ3v) is 7.42. The van der Waals surface area contributed by atoms with Crippen molar-refractivity contribution >= 4 is 17.5 Å². The van der Waals surface area contributed by atoms with E-state index in [0.29, 0.717) is 23.2 Å². The molecule has 0 bridgehead atoms. The Bertz CT molecular complexity index is 1320. The molecule has 3 aliphatic rings. The van der Waals surface area contributed by atoms with Crippen LogP contribution in [0.4, 0.5) is 26.2 Å². The van der Waals surface area contributed by atoms with Gasteiger partial charge < -0.3 is 15.4 Å². The first-order valence-electron chi connectivity index (χ1n) is 12.3. The Morgan fingerprint density at radius 3 is 2.81 bits per heavy atom. The summed E-state index contributed by atoms with van der Waals surface area (Å²) in [5.74, 6) is -0.343. The average Bonchev–Trinajstić information content (AvgIpc) is 3.48. The highest BCUT2D eigenvalue weighted by atomic mass is 19.1. The van der Waals surface area contributed by atoms with Crippen LogP contribution in [0.15, 0.2) is 18.3 Å². The van der Waals surface area contributed by atoms with Gasteiger partial charge in [-0.25, -0.2) is 13.8 Å². The Kier molecular flexibility index (Phi) is 5.15. The van der Waals surface area contributed by atoms with Crippen molar-refractivity contribution in [3.63, 3.8) is 0 Å². The maximum atomic E-state index is 15.0. The lowest BCUT2D eigenvalue weighted by atomic mass is 9.84. The molecule has 2 saturated heterocycles. The fourth-order valence-corrected chi connectivity index (χ4v) is 5.91. The molecule has 2 atom stereocenters. The number of hydrogen-bond donors (Lipinski definition) is 2. The minimum absolute atomic E-state index is 0.0357. The molecule has 2 fully saturated rings. The van der Waals surface area contributed by atoms with E-state index in [9.17, 15) is 4.39 Å². The second kappa shape index (κ2) is 8.05. The number of rotatable bonds is 4. The van der Waals surface area contributed by atoms with E-state index in [1.54, 1.807) is 19.9 Å². The molecule has 0 spiro atoms. The number of nitrogens with zero attached hydrogens (tertiary/aromatic N) is 7. The Morgan fingerprint density at radius 2 is 1.97 bits per heavy atom. The molecule has 0 aliphatic carbocycles. The molecule has 0 radical (unpaired) electrons. The lowest BCUT2D eigenvalue weighted by Crippen LogP contribution is -2.55. The molecule has 6 rings (SSSR count). The zero-order chi connectivity index (χ0) is 25.2. The van der Waals surface area contributed by atoms with Crippen LogP contribution in [-0.2, 0) is 5.60 Å². The Balaban J connectivity index is 1.25. The van der Waals surface area contributed by atoms with Crippen LogP contribution in [0.25, 0.3) is 5.69 Å². The van der Waals surface area contributed by atoms with Crippen LogP contribution in [0.5, 0.6) is 5.75 Å². The first-order chi connectivity index (χ1) is 17.1. The summed E-state index contributed by atoms with van der Waals surface area (Å²) in [7, 11) is 0. The van der Waals surface area contributed by atoms with Crippen molar-refractivity contribution in [3.8, 4) is 11.4 Å². The van der Waals surface area contributed by atoms with Crippen LogP contribution < -0.4 is 15.4 Å². The Labute approximate surface area is 207 Å². The van der Waals surface area contributed by atoms with Gasteiger partial charge in [0.15, 0.2) is 34.6 Å². The van der Waals surface area contributed by atoms with Crippen LogP contribution in [-0.4, -0.2) is 59.2 Å². The van der Waals surface area contributed by atoms with Crippen molar-refractivity contribution in [1.82, 2.24) is 35.1 Å². The van der Waals surface area contributed by atoms with Gasteiger partial charge >= 0.3 is 0 Å². The van der Waals surface area contributed by atoms with Gasteiger partial charge in [-0.05, 0) is 76.4 Å². The standard InChI is InChI=1S/C24H29F2N9O/c1-23(2)11-14(8-15-6-5-7-34(15)23)28-20-17(26)12-27-22(30-20)29-13-9-16(25)19-18(10-13)35-21(31-32-33-35)24(3,4)36-19/h9-10,12,14-15H,5-8,11H2,1-4H3,(H2,27,28,29,30)/t14-,15+/m0/s1. The molecule has 0 amide bonds. The first-order valence-corrected chi connectivity index (χ1v) is 12.3. The van der Waals surface area contributed by atoms with Crippen LogP contribution in [0.2, 0.25) is 0 Å². The van der Waals surface area contributed by atoms with E-state index < -0.39 is 17.2 Å². The van der Waals surface area contributed by atoms with E-state index >= 15 is 4.39 Å². The molecular formula is C24H29F2N9O. The smallest absolute Gasteiger partial charge is 0.229 e. The minimum atomic E-state index is -0.893. The molecule has 2 N–H and O–H groups in total. The summed E-state index contributed by atoms with van der Waals surface area (Å²) in [5, 5.41) is 18.0. The largest absolute Gasteiger partial charge is 0.474 e. The van der Waals surface area contributed by atoms with E-state index in [-0.39, 0.29) is 29.1 Å². The van der Waals surface area contributed by atoms with Crippen LogP contribution >= 0.6 is 0 Å². The highest BCUT2D eigenvalue weighted by Crippen LogP contribution is 2.41. The third kappa shape index (κ3) is 3.83. The highest BCUT2D eigenvalue weighted by molar-refractivity contribution is 5.64. The van der Waals surface area contributed by atoms with Gasteiger partial charge in [0.25, 0.3) is 0 Å². The highest BCUT2D eigenvalue weighted by Gasteiger charge is 2.43. The van der Waals surface area contributed by atoms with Gasteiger partial charge in [0.05, 0.1) is 6.20 Å². The van der Waals surface area contributed by atoms with E-state index in [4.69, 9.17) is 4.74 Å². The van der Waals surface area contributed by atoms with E-state index in [2.05, 4.69) is 54.9 Å². The molecule has 190 valence electrons. The van der Waals surface area contributed by atoms with Gasteiger partial charge in [-0.15, -0.1) is 5.10 Å². The number of benzene rings is 1. The fourth-order valence-electron chi connectivity index (χ4n) is 5.91. The number of ether oxygens (including phenoxy) is 1. The van der Waals surface area contributed by atoms with Gasteiger partial charge in [-0.3, -0.25) is 4.90 Å². The maximum Gasteiger partial charge on any atom is 0.229 e. The van der Waals surface area contributed by atoms with Crippen molar-refractivity contribution in [2.45, 2.75) is 76.6 Å². The molecule has 10 nitrogen and oxygen atoms in total. The van der Waals surface area contributed by atoms with Gasteiger partial charge in [0, 0.05) is 29.4 Å². The molecular weight excluding hydrogens is 468 g/mol. The summed E-state index contributed by atoms with van der Waals surface area (Å²) >= 11 is 0. The van der Waals surface area contributed by atoms with Crippen molar-refractivity contribution < 1.29 is 13.5 Å². The molecule has 3 aliphatic heterocycles. The number of tetrazole rings is 1. The molecule has 2 aromatic heterocycles. The quantitative estimate of drug-likeness (QED) is 0.555. The topological polar surface area (TPSA) is 106 Å². The number of piperidine rings is 1. The van der Waals surface area contributed by atoms with E-state index in [0.717, 1.165) is 32.0 Å². The van der Waals surface area contributed by atoms with Crippen molar-refractivity contribution in [3.05, 3.63) is 35.8 Å². The van der Waals surface area contributed by atoms with E-state index in [1.807, 2.05) is 0 Å². The zero-order valence-corrected chi connectivity index (χ0v) is 20.7. The minimum Gasteiger partial charge on any atom is -0.474 e. The number of anilines is 3. The summed E-state index contributed by atoms with van der Waals surface area (Å²) in [5.41, 5.74) is -0.152. The van der Waals surface area contributed by atoms with Crippen LogP contribution in [0, 0.1) is 11.6 Å².